The Bertz CT molecular complexity index is 633. The summed E-state index contributed by atoms with van der Waals surface area (Å²) in [6.45, 7) is 6.18. The summed E-state index contributed by atoms with van der Waals surface area (Å²) >= 11 is 0. The monoisotopic (exact) mass is 303 g/mol. The SMILES string of the molecule is Cn1nnc([C@@H](N(Cc2ccccc2)C(=O)O)C(C)(C)C)n1. The Morgan fingerprint density at radius 1 is 1.32 bits per heavy atom. The molecule has 0 bridgehead atoms. The quantitative estimate of drug-likeness (QED) is 0.938. The smallest absolute Gasteiger partial charge is 0.408 e. The van der Waals surface area contributed by atoms with Gasteiger partial charge in [-0.2, -0.15) is 4.80 Å². The molecule has 0 aliphatic heterocycles. The molecule has 0 fully saturated rings. The molecule has 0 spiro atoms. The highest BCUT2D eigenvalue weighted by molar-refractivity contribution is 5.65. The summed E-state index contributed by atoms with van der Waals surface area (Å²) in [7, 11) is 1.67. The lowest BCUT2D eigenvalue weighted by atomic mass is 9.85. The molecule has 0 aliphatic rings. The minimum Gasteiger partial charge on any atom is -0.465 e. The summed E-state index contributed by atoms with van der Waals surface area (Å²) in [4.78, 5) is 14.5. The van der Waals surface area contributed by atoms with Crippen molar-refractivity contribution in [3.63, 3.8) is 0 Å². The van der Waals surface area contributed by atoms with Crippen LogP contribution < -0.4 is 0 Å². The predicted molar refractivity (Wildman–Crippen MR) is 81.0 cm³/mol. The van der Waals surface area contributed by atoms with Crippen LogP contribution in [-0.2, 0) is 13.6 Å². The first kappa shape index (κ1) is 15.9. The average Bonchev–Trinajstić information content (AvgIpc) is 2.83. The summed E-state index contributed by atoms with van der Waals surface area (Å²) in [6, 6.07) is 9.00. The Morgan fingerprint density at radius 2 is 1.95 bits per heavy atom. The molecular formula is C15H21N5O2. The van der Waals surface area contributed by atoms with Gasteiger partial charge in [-0.25, -0.2) is 4.79 Å². The molecule has 0 saturated heterocycles. The summed E-state index contributed by atoms with van der Waals surface area (Å²) in [6.07, 6.45) is -1.00. The summed E-state index contributed by atoms with van der Waals surface area (Å²) in [5.41, 5.74) is 0.555. The molecule has 2 aromatic rings. The summed E-state index contributed by atoms with van der Waals surface area (Å²) in [5, 5.41) is 21.8. The van der Waals surface area contributed by atoms with Crippen LogP contribution in [0.1, 0.15) is 38.2 Å². The molecule has 1 aromatic carbocycles. The van der Waals surface area contributed by atoms with Crippen molar-refractivity contribution >= 4 is 6.09 Å². The molecule has 0 unspecified atom stereocenters. The van der Waals surface area contributed by atoms with Gasteiger partial charge in [-0.05, 0) is 16.2 Å². The minimum absolute atomic E-state index is 0.274. The van der Waals surface area contributed by atoms with Gasteiger partial charge in [-0.3, -0.25) is 4.90 Å². The molecule has 22 heavy (non-hydrogen) atoms. The molecule has 0 aliphatic carbocycles. The second-order valence-corrected chi connectivity index (χ2v) is 6.30. The van der Waals surface area contributed by atoms with Crippen molar-refractivity contribution in [2.45, 2.75) is 33.4 Å². The molecular weight excluding hydrogens is 282 g/mol. The zero-order valence-electron chi connectivity index (χ0n) is 13.3. The van der Waals surface area contributed by atoms with Gasteiger partial charge >= 0.3 is 6.09 Å². The summed E-state index contributed by atoms with van der Waals surface area (Å²) < 4.78 is 0. The van der Waals surface area contributed by atoms with E-state index in [1.165, 1.54) is 9.70 Å². The predicted octanol–water partition coefficient (Wildman–Crippen LogP) is 2.48. The van der Waals surface area contributed by atoms with Crippen molar-refractivity contribution in [1.82, 2.24) is 25.1 Å². The number of hydrogen-bond acceptors (Lipinski definition) is 4. The second-order valence-electron chi connectivity index (χ2n) is 6.30. The molecule has 1 amide bonds. The van der Waals surface area contributed by atoms with Crippen molar-refractivity contribution in [1.29, 1.82) is 0 Å². The van der Waals surface area contributed by atoms with Crippen LogP contribution in [-0.4, -0.2) is 36.3 Å². The van der Waals surface area contributed by atoms with Crippen LogP contribution in [0.2, 0.25) is 0 Å². The number of aromatic nitrogens is 4. The first-order valence-electron chi connectivity index (χ1n) is 7.06. The lowest BCUT2D eigenvalue weighted by Crippen LogP contribution is -2.40. The van der Waals surface area contributed by atoms with E-state index < -0.39 is 12.1 Å². The zero-order chi connectivity index (χ0) is 16.3. The fourth-order valence-corrected chi connectivity index (χ4v) is 2.45. The number of carbonyl (C=O) groups is 1. The number of amides is 1. The van der Waals surface area contributed by atoms with Crippen molar-refractivity contribution in [2.24, 2.45) is 12.5 Å². The maximum Gasteiger partial charge on any atom is 0.408 e. The maximum atomic E-state index is 11.8. The summed E-state index contributed by atoms with van der Waals surface area (Å²) in [5.74, 6) is 0.410. The number of nitrogens with zero attached hydrogens (tertiary/aromatic N) is 5. The third-order valence-corrected chi connectivity index (χ3v) is 3.34. The van der Waals surface area contributed by atoms with Crippen LogP contribution >= 0.6 is 0 Å². The fourth-order valence-electron chi connectivity index (χ4n) is 2.45. The standard InChI is InChI=1S/C15H21N5O2/c1-15(2,3)12(13-16-18-19(4)17-13)20(14(21)22)10-11-8-6-5-7-9-11/h5-9,12H,10H2,1-4H3,(H,21,22)/t12-/m1/s1. The van der Waals surface area contributed by atoms with Gasteiger partial charge in [0, 0.05) is 6.54 Å². The molecule has 1 atom stereocenters. The van der Waals surface area contributed by atoms with Gasteiger partial charge in [0.05, 0.1) is 7.05 Å². The Morgan fingerprint density at radius 3 is 2.41 bits per heavy atom. The third-order valence-electron chi connectivity index (χ3n) is 3.34. The van der Waals surface area contributed by atoms with Crippen molar-refractivity contribution in [3.05, 3.63) is 41.7 Å². The van der Waals surface area contributed by atoms with Crippen LogP contribution in [0.15, 0.2) is 30.3 Å². The Labute approximate surface area is 129 Å². The van der Waals surface area contributed by atoms with Crippen molar-refractivity contribution in [3.8, 4) is 0 Å². The van der Waals surface area contributed by atoms with Gasteiger partial charge in [-0.1, -0.05) is 51.1 Å². The highest BCUT2D eigenvalue weighted by atomic mass is 16.4. The van der Waals surface area contributed by atoms with E-state index in [9.17, 15) is 9.90 Å². The Balaban J connectivity index is 2.39. The largest absolute Gasteiger partial charge is 0.465 e. The van der Waals surface area contributed by atoms with Gasteiger partial charge in [0.25, 0.3) is 0 Å². The minimum atomic E-state index is -1.00. The van der Waals surface area contributed by atoms with E-state index in [-0.39, 0.29) is 12.0 Å². The van der Waals surface area contributed by atoms with Crippen LogP contribution in [0.5, 0.6) is 0 Å². The number of hydrogen-bond donors (Lipinski definition) is 1. The Hall–Kier alpha value is -2.44. The van der Waals surface area contributed by atoms with Crippen molar-refractivity contribution in [2.75, 3.05) is 0 Å². The highest BCUT2D eigenvalue weighted by Crippen LogP contribution is 2.37. The average molecular weight is 303 g/mol. The van der Waals surface area contributed by atoms with Gasteiger partial charge in [-0.15, -0.1) is 10.2 Å². The molecule has 1 N–H and O–H groups in total. The maximum absolute atomic E-state index is 11.8. The number of rotatable bonds is 4. The highest BCUT2D eigenvalue weighted by Gasteiger charge is 2.38. The molecule has 7 nitrogen and oxygen atoms in total. The number of carboxylic acid groups (broad SMARTS) is 1. The lowest BCUT2D eigenvalue weighted by Gasteiger charge is -2.36. The molecule has 0 radical (unpaired) electrons. The van der Waals surface area contributed by atoms with Crippen molar-refractivity contribution < 1.29 is 9.90 Å². The second kappa shape index (κ2) is 6.13. The first-order valence-corrected chi connectivity index (χ1v) is 7.06. The number of aryl methyl sites for hydroxylation is 1. The van der Waals surface area contributed by atoms with Gasteiger partial charge in [0.2, 0.25) is 0 Å². The number of benzene rings is 1. The van der Waals surface area contributed by atoms with E-state index in [1.807, 2.05) is 51.1 Å². The topological polar surface area (TPSA) is 84.1 Å². The zero-order valence-corrected chi connectivity index (χ0v) is 13.3. The van der Waals surface area contributed by atoms with E-state index in [2.05, 4.69) is 15.4 Å². The van der Waals surface area contributed by atoms with Gasteiger partial charge < -0.3 is 5.11 Å². The number of tetrazole rings is 1. The molecule has 1 aromatic heterocycles. The normalized spacial score (nSPS) is 12.9. The molecule has 2 rings (SSSR count). The van der Waals surface area contributed by atoms with Crippen LogP contribution in [0.4, 0.5) is 4.79 Å². The van der Waals surface area contributed by atoms with E-state index in [0.29, 0.717) is 5.82 Å². The van der Waals surface area contributed by atoms with Crippen LogP contribution in [0.25, 0.3) is 0 Å². The molecule has 1 heterocycles. The molecule has 118 valence electrons. The van der Waals surface area contributed by atoms with E-state index in [1.54, 1.807) is 7.05 Å². The first-order chi connectivity index (χ1) is 10.3. The van der Waals surface area contributed by atoms with Crippen LogP contribution in [0, 0.1) is 5.41 Å². The van der Waals surface area contributed by atoms with Crippen LogP contribution in [0.3, 0.4) is 0 Å². The third kappa shape index (κ3) is 3.60. The van der Waals surface area contributed by atoms with E-state index in [0.717, 1.165) is 5.56 Å². The fraction of sp³-hybridized carbons (Fsp3) is 0.467. The van der Waals surface area contributed by atoms with E-state index >= 15 is 0 Å². The van der Waals surface area contributed by atoms with Gasteiger partial charge in [0.15, 0.2) is 5.82 Å². The Kier molecular flexibility index (Phi) is 4.44. The van der Waals surface area contributed by atoms with Gasteiger partial charge in [0.1, 0.15) is 6.04 Å². The molecule has 7 heteroatoms. The molecule has 0 saturated carbocycles. The lowest BCUT2D eigenvalue weighted by molar-refractivity contribution is 0.0725. The van der Waals surface area contributed by atoms with E-state index in [4.69, 9.17) is 0 Å².